The van der Waals surface area contributed by atoms with Gasteiger partial charge >= 0.3 is 0 Å². The Morgan fingerprint density at radius 1 is 0.947 bits per heavy atom. The van der Waals surface area contributed by atoms with E-state index in [0.29, 0.717) is 11.8 Å². The van der Waals surface area contributed by atoms with Crippen LogP contribution in [0.5, 0.6) is 5.75 Å². The van der Waals surface area contributed by atoms with Gasteiger partial charge in [-0.25, -0.2) is 0 Å². The maximum absolute atomic E-state index is 10.2. The van der Waals surface area contributed by atoms with Crippen LogP contribution in [0.3, 0.4) is 0 Å². The quantitative estimate of drug-likeness (QED) is 0.778. The highest BCUT2D eigenvalue weighted by Gasteiger charge is 2.33. The molecule has 0 aromatic heterocycles. The lowest BCUT2D eigenvalue weighted by molar-refractivity contribution is 0.158. The molecule has 1 atom stereocenters. The lowest BCUT2D eigenvalue weighted by Gasteiger charge is -2.41. The molecule has 0 fully saturated rings. The zero-order chi connectivity index (χ0) is 12.8. The number of benzene rings is 2. The molecular weight excluding hydrogens is 234 g/mol. The maximum atomic E-state index is 10.2. The molecule has 0 saturated heterocycles. The zero-order valence-electron chi connectivity index (χ0n) is 10.8. The first-order valence-corrected chi connectivity index (χ1v) is 6.94. The van der Waals surface area contributed by atoms with Crippen molar-refractivity contribution >= 4 is 0 Å². The second-order valence-electron chi connectivity index (χ2n) is 5.56. The maximum Gasteiger partial charge on any atom is 0.120 e. The standard InChI is InChI=1S/C17H17NO/c19-16-7-3-6-12-8-9-18-11-14-5-2-1-4-13(14)10-15(18)17(12)16/h1-7,15,19H,8-11H2. The van der Waals surface area contributed by atoms with E-state index in [1.807, 2.05) is 12.1 Å². The van der Waals surface area contributed by atoms with E-state index in [2.05, 4.69) is 35.2 Å². The van der Waals surface area contributed by atoms with E-state index in [0.717, 1.165) is 31.5 Å². The molecule has 2 heteroatoms. The van der Waals surface area contributed by atoms with Crippen LogP contribution < -0.4 is 0 Å². The average Bonchev–Trinajstić information content (AvgIpc) is 2.45. The Labute approximate surface area is 113 Å². The zero-order valence-corrected chi connectivity index (χ0v) is 10.8. The van der Waals surface area contributed by atoms with Gasteiger partial charge in [0, 0.05) is 24.7 Å². The Kier molecular flexibility index (Phi) is 2.39. The van der Waals surface area contributed by atoms with Crippen molar-refractivity contribution in [1.29, 1.82) is 0 Å². The van der Waals surface area contributed by atoms with Crippen molar-refractivity contribution < 1.29 is 5.11 Å². The van der Waals surface area contributed by atoms with Crippen LogP contribution in [-0.4, -0.2) is 16.6 Å². The van der Waals surface area contributed by atoms with E-state index in [1.165, 1.54) is 16.7 Å². The summed E-state index contributed by atoms with van der Waals surface area (Å²) in [7, 11) is 0. The molecule has 2 aliphatic heterocycles. The van der Waals surface area contributed by atoms with Crippen molar-refractivity contribution in [2.45, 2.75) is 25.4 Å². The highest BCUT2D eigenvalue weighted by Crippen LogP contribution is 2.41. The van der Waals surface area contributed by atoms with Gasteiger partial charge in [-0.05, 0) is 35.6 Å². The third kappa shape index (κ3) is 1.67. The molecule has 0 bridgehead atoms. The normalized spacial score (nSPS) is 21.4. The highest BCUT2D eigenvalue weighted by molar-refractivity contribution is 5.45. The third-order valence-electron chi connectivity index (χ3n) is 4.52. The molecule has 0 spiro atoms. The summed E-state index contributed by atoms with van der Waals surface area (Å²) >= 11 is 0. The molecule has 2 aromatic rings. The summed E-state index contributed by atoms with van der Waals surface area (Å²) in [6.45, 7) is 2.10. The number of fused-ring (bicyclic) bond motifs is 4. The van der Waals surface area contributed by atoms with E-state index in [4.69, 9.17) is 0 Å². The number of rotatable bonds is 0. The molecule has 0 amide bonds. The van der Waals surface area contributed by atoms with E-state index in [9.17, 15) is 5.11 Å². The van der Waals surface area contributed by atoms with Gasteiger partial charge in [0.25, 0.3) is 0 Å². The van der Waals surface area contributed by atoms with Gasteiger partial charge in [0.2, 0.25) is 0 Å². The molecule has 96 valence electrons. The Hall–Kier alpha value is -1.80. The summed E-state index contributed by atoms with van der Waals surface area (Å²) in [6, 6.07) is 15.0. The van der Waals surface area contributed by atoms with Gasteiger partial charge in [0.1, 0.15) is 5.75 Å². The summed E-state index contributed by atoms with van der Waals surface area (Å²) in [5, 5.41) is 10.2. The monoisotopic (exact) mass is 251 g/mol. The molecule has 0 saturated carbocycles. The van der Waals surface area contributed by atoms with Gasteiger partial charge in [-0.1, -0.05) is 36.4 Å². The number of hydrogen-bond acceptors (Lipinski definition) is 2. The fourth-order valence-corrected chi connectivity index (χ4v) is 3.56. The SMILES string of the molecule is Oc1cccc2c1C1Cc3ccccc3CN1CC2. The molecule has 0 aliphatic carbocycles. The van der Waals surface area contributed by atoms with Gasteiger partial charge in [0.15, 0.2) is 0 Å². The summed E-state index contributed by atoms with van der Waals surface area (Å²) < 4.78 is 0. The average molecular weight is 251 g/mol. The molecule has 2 heterocycles. The van der Waals surface area contributed by atoms with Crippen LogP contribution >= 0.6 is 0 Å². The van der Waals surface area contributed by atoms with Crippen molar-refractivity contribution in [3.8, 4) is 5.75 Å². The molecule has 2 aromatic carbocycles. The van der Waals surface area contributed by atoms with Gasteiger partial charge in [0.05, 0.1) is 0 Å². The number of phenolic OH excluding ortho intramolecular Hbond substituents is 1. The van der Waals surface area contributed by atoms with Crippen LogP contribution in [-0.2, 0) is 19.4 Å². The Balaban J connectivity index is 1.82. The van der Waals surface area contributed by atoms with Crippen LogP contribution in [0.4, 0.5) is 0 Å². The van der Waals surface area contributed by atoms with Crippen molar-refractivity contribution in [2.75, 3.05) is 6.54 Å². The summed E-state index contributed by atoms with van der Waals surface area (Å²) in [6.07, 6.45) is 2.06. The molecular formula is C17H17NO. The van der Waals surface area contributed by atoms with Crippen LogP contribution in [0.1, 0.15) is 28.3 Å². The van der Waals surface area contributed by atoms with Crippen molar-refractivity contribution in [3.05, 3.63) is 64.7 Å². The third-order valence-corrected chi connectivity index (χ3v) is 4.52. The van der Waals surface area contributed by atoms with Crippen LogP contribution in [0, 0.1) is 0 Å². The fraction of sp³-hybridized carbons (Fsp3) is 0.294. The van der Waals surface area contributed by atoms with Crippen LogP contribution in [0.25, 0.3) is 0 Å². The summed E-state index contributed by atoms with van der Waals surface area (Å²) in [5.74, 6) is 0.464. The lowest BCUT2D eigenvalue weighted by atomic mass is 9.84. The molecule has 19 heavy (non-hydrogen) atoms. The first-order valence-electron chi connectivity index (χ1n) is 6.94. The summed E-state index contributed by atoms with van der Waals surface area (Å²) in [5.41, 5.74) is 5.35. The minimum atomic E-state index is 0.347. The van der Waals surface area contributed by atoms with Gasteiger partial charge in [-0.3, -0.25) is 4.90 Å². The Morgan fingerprint density at radius 2 is 1.74 bits per heavy atom. The first-order chi connectivity index (χ1) is 9.33. The smallest absolute Gasteiger partial charge is 0.120 e. The predicted molar refractivity (Wildman–Crippen MR) is 75.1 cm³/mol. The van der Waals surface area contributed by atoms with E-state index in [-0.39, 0.29) is 0 Å². The second kappa shape index (κ2) is 4.10. The second-order valence-corrected chi connectivity index (χ2v) is 5.56. The predicted octanol–water partition coefficient (Wildman–Crippen LogP) is 3.05. The molecule has 1 unspecified atom stereocenters. The van der Waals surface area contributed by atoms with E-state index >= 15 is 0 Å². The summed E-state index contributed by atoms with van der Waals surface area (Å²) in [4.78, 5) is 2.50. The first kappa shape index (κ1) is 11.1. The van der Waals surface area contributed by atoms with Crippen LogP contribution in [0.2, 0.25) is 0 Å². The minimum absolute atomic E-state index is 0.347. The van der Waals surface area contributed by atoms with Gasteiger partial charge in [-0.2, -0.15) is 0 Å². The number of phenols is 1. The van der Waals surface area contributed by atoms with E-state index < -0.39 is 0 Å². The number of nitrogens with zero attached hydrogens (tertiary/aromatic N) is 1. The van der Waals surface area contributed by atoms with Gasteiger partial charge < -0.3 is 5.11 Å². The van der Waals surface area contributed by atoms with Crippen molar-refractivity contribution in [2.24, 2.45) is 0 Å². The molecule has 2 nitrogen and oxygen atoms in total. The molecule has 2 aliphatic rings. The van der Waals surface area contributed by atoms with Crippen molar-refractivity contribution in [3.63, 3.8) is 0 Å². The lowest BCUT2D eigenvalue weighted by Crippen LogP contribution is -2.39. The number of aromatic hydroxyl groups is 1. The van der Waals surface area contributed by atoms with Crippen LogP contribution in [0.15, 0.2) is 42.5 Å². The minimum Gasteiger partial charge on any atom is -0.508 e. The highest BCUT2D eigenvalue weighted by atomic mass is 16.3. The Morgan fingerprint density at radius 3 is 2.63 bits per heavy atom. The molecule has 4 rings (SSSR count). The number of hydrogen-bond donors (Lipinski definition) is 1. The molecule has 0 radical (unpaired) electrons. The topological polar surface area (TPSA) is 23.5 Å². The Bertz CT molecular complexity index is 635. The van der Waals surface area contributed by atoms with Crippen molar-refractivity contribution in [1.82, 2.24) is 4.90 Å². The largest absolute Gasteiger partial charge is 0.508 e. The molecule has 1 N–H and O–H groups in total. The van der Waals surface area contributed by atoms with Gasteiger partial charge in [-0.15, -0.1) is 0 Å². The van der Waals surface area contributed by atoms with E-state index in [1.54, 1.807) is 0 Å². The fourth-order valence-electron chi connectivity index (χ4n) is 3.56.